The topological polar surface area (TPSA) is 112 Å². The summed E-state index contributed by atoms with van der Waals surface area (Å²) in [5.74, 6) is -0.0222. The van der Waals surface area contributed by atoms with Gasteiger partial charge in [-0.1, -0.05) is 12.5 Å². The van der Waals surface area contributed by atoms with Gasteiger partial charge in [0, 0.05) is 54.2 Å². The Balaban J connectivity index is 1.29. The van der Waals surface area contributed by atoms with E-state index in [1.54, 1.807) is 18.6 Å². The van der Waals surface area contributed by atoms with E-state index < -0.39 is 5.82 Å². The molecular weight excluding hydrogens is 481 g/mol. The molecule has 2 N–H and O–H groups in total. The Bertz CT molecular complexity index is 1750. The standard InChI is InChI=1S/C28H24FN9/c29-23-20(18-12-17(13-30-14-18)16-38-10-4-1-5-11-38)15-33-26-22(23)25(36-37-26)28-34-24-19(7-9-32-27(24)35-28)21-6-2-3-8-31-21/h2-3,6-9,12-15H,1,4-5,10-11,16H2,(H,32,34,35)(H,33,36,37). The van der Waals surface area contributed by atoms with Gasteiger partial charge in [-0.3, -0.25) is 20.0 Å². The molecule has 6 aromatic heterocycles. The Hall–Kier alpha value is -4.57. The van der Waals surface area contributed by atoms with Gasteiger partial charge in [0.1, 0.15) is 17.0 Å². The van der Waals surface area contributed by atoms with E-state index in [1.165, 1.54) is 25.5 Å². The lowest BCUT2D eigenvalue weighted by molar-refractivity contribution is 0.220. The highest BCUT2D eigenvalue weighted by Crippen LogP contribution is 2.34. The largest absolute Gasteiger partial charge is 0.321 e. The summed E-state index contributed by atoms with van der Waals surface area (Å²) in [5.41, 5.74) is 5.60. The van der Waals surface area contributed by atoms with Crippen LogP contribution in [0.1, 0.15) is 24.8 Å². The van der Waals surface area contributed by atoms with Crippen molar-refractivity contribution in [3.8, 4) is 33.9 Å². The lowest BCUT2D eigenvalue weighted by Crippen LogP contribution is -2.29. The molecule has 0 atom stereocenters. The summed E-state index contributed by atoms with van der Waals surface area (Å²) in [7, 11) is 0. The van der Waals surface area contributed by atoms with Crippen molar-refractivity contribution in [2.24, 2.45) is 0 Å². The third-order valence-electron chi connectivity index (χ3n) is 7.04. The molecule has 1 aliphatic rings. The van der Waals surface area contributed by atoms with E-state index in [4.69, 9.17) is 4.98 Å². The van der Waals surface area contributed by atoms with Gasteiger partial charge in [0.05, 0.1) is 11.1 Å². The number of piperidine rings is 1. The molecule has 0 saturated carbocycles. The molecule has 38 heavy (non-hydrogen) atoms. The van der Waals surface area contributed by atoms with Gasteiger partial charge in [-0.2, -0.15) is 5.10 Å². The molecule has 0 bridgehead atoms. The second kappa shape index (κ2) is 9.38. The summed E-state index contributed by atoms with van der Waals surface area (Å²) in [5, 5.41) is 7.48. The molecule has 0 radical (unpaired) electrons. The molecule has 1 fully saturated rings. The molecule has 1 aliphatic heterocycles. The number of pyridine rings is 4. The predicted octanol–water partition coefficient (Wildman–Crippen LogP) is 5.15. The van der Waals surface area contributed by atoms with E-state index >= 15 is 4.39 Å². The van der Waals surface area contributed by atoms with Crippen LogP contribution in [0.3, 0.4) is 0 Å². The molecule has 0 aromatic carbocycles. The van der Waals surface area contributed by atoms with Gasteiger partial charge in [-0.25, -0.2) is 19.3 Å². The van der Waals surface area contributed by atoms with Gasteiger partial charge in [0.15, 0.2) is 17.1 Å². The number of H-pyrrole nitrogens is 2. The average molecular weight is 506 g/mol. The SMILES string of the molecule is Fc1c(-c2cncc(CN3CCCCC3)c2)cnc2[nH]nc(-c3nc4c(-c5ccccn5)ccnc4[nH]3)c12. The van der Waals surface area contributed by atoms with Crippen molar-refractivity contribution < 1.29 is 4.39 Å². The zero-order valence-corrected chi connectivity index (χ0v) is 20.5. The van der Waals surface area contributed by atoms with Crippen LogP contribution in [0.4, 0.5) is 4.39 Å². The maximum Gasteiger partial charge on any atom is 0.161 e. The number of imidazole rings is 1. The molecule has 0 amide bonds. The van der Waals surface area contributed by atoms with Crippen molar-refractivity contribution in [2.75, 3.05) is 13.1 Å². The molecule has 1 saturated heterocycles. The molecular formula is C28H24FN9. The van der Waals surface area contributed by atoms with Gasteiger partial charge in [-0.15, -0.1) is 0 Å². The van der Waals surface area contributed by atoms with Crippen LogP contribution in [-0.2, 0) is 6.54 Å². The fourth-order valence-corrected chi connectivity index (χ4v) is 5.18. The first-order valence-corrected chi connectivity index (χ1v) is 12.7. The first kappa shape index (κ1) is 22.6. The van der Waals surface area contributed by atoms with Crippen LogP contribution >= 0.6 is 0 Å². The maximum absolute atomic E-state index is 16.1. The molecule has 0 unspecified atom stereocenters. The Morgan fingerprint density at radius 1 is 0.895 bits per heavy atom. The van der Waals surface area contributed by atoms with E-state index in [9.17, 15) is 0 Å². The van der Waals surface area contributed by atoms with Gasteiger partial charge < -0.3 is 4.98 Å². The molecule has 7 rings (SSSR count). The van der Waals surface area contributed by atoms with Gasteiger partial charge in [0.2, 0.25) is 0 Å². The van der Waals surface area contributed by atoms with Crippen LogP contribution < -0.4 is 0 Å². The number of hydrogen-bond acceptors (Lipinski definition) is 7. The number of nitrogens with zero attached hydrogens (tertiary/aromatic N) is 7. The minimum absolute atomic E-state index is 0.266. The van der Waals surface area contributed by atoms with Crippen LogP contribution in [0.2, 0.25) is 0 Å². The van der Waals surface area contributed by atoms with Crippen molar-refractivity contribution in [2.45, 2.75) is 25.8 Å². The number of likely N-dealkylation sites (tertiary alicyclic amines) is 1. The average Bonchev–Trinajstić information content (AvgIpc) is 3.59. The second-order valence-corrected chi connectivity index (χ2v) is 9.56. The lowest BCUT2D eigenvalue weighted by Gasteiger charge is -2.26. The zero-order valence-electron chi connectivity index (χ0n) is 20.5. The first-order valence-electron chi connectivity index (χ1n) is 12.7. The number of nitrogens with one attached hydrogen (secondary N) is 2. The smallest absolute Gasteiger partial charge is 0.161 e. The van der Waals surface area contributed by atoms with Crippen LogP contribution in [0, 0.1) is 5.82 Å². The van der Waals surface area contributed by atoms with Crippen LogP contribution in [0.5, 0.6) is 0 Å². The normalized spacial score (nSPS) is 14.4. The highest BCUT2D eigenvalue weighted by atomic mass is 19.1. The van der Waals surface area contributed by atoms with Gasteiger partial charge >= 0.3 is 0 Å². The molecule has 10 heteroatoms. The highest BCUT2D eigenvalue weighted by molar-refractivity contribution is 5.96. The van der Waals surface area contributed by atoms with Crippen LogP contribution in [0.15, 0.2) is 61.3 Å². The van der Waals surface area contributed by atoms with E-state index in [0.29, 0.717) is 39.5 Å². The Morgan fingerprint density at radius 3 is 2.68 bits per heavy atom. The van der Waals surface area contributed by atoms with Crippen molar-refractivity contribution >= 4 is 22.2 Å². The molecule has 7 heterocycles. The fourth-order valence-electron chi connectivity index (χ4n) is 5.18. The third kappa shape index (κ3) is 3.99. The number of fused-ring (bicyclic) bond motifs is 2. The van der Waals surface area contributed by atoms with E-state index in [2.05, 4.69) is 40.0 Å². The van der Waals surface area contributed by atoms with Crippen molar-refractivity contribution in [3.63, 3.8) is 0 Å². The fraction of sp³-hybridized carbons (Fsp3) is 0.214. The summed E-state index contributed by atoms with van der Waals surface area (Å²) in [6.45, 7) is 2.97. The highest BCUT2D eigenvalue weighted by Gasteiger charge is 2.22. The summed E-state index contributed by atoms with van der Waals surface area (Å²) >= 11 is 0. The van der Waals surface area contributed by atoms with Crippen molar-refractivity contribution in [1.82, 2.24) is 45.0 Å². The number of aromatic amines is 2. The summed E-state index contributed by atoms with van der Waals surface area (Å²) in [4.78, 5) is 28.1. The number of hydrogen-bond donors (Lipinski definition) is 2. The maximum atomic E-state index is 16.1. The van der Waals surface area contributed by atoms with Crippen LogP contribution in [0.25, 0.3) is 56.1 Å². The zero-order chi connectivity index (χ0) is 25.5. The third-order valence-corrected chi connectivity index (χ3v) is 7.04. The molecule has 0 spiro atoms. The second-order valence-electron chi connectivity index (χ2n) is 9.56. The summed E-state index contributed by atoms with van der Waals surface area (Å²) in [6, 6.07) is 9.55. The minimum atomic E-state index is -0.422. The Kier molecular flexibility index (Phi) is 5.58. The van der Waals surface area contributed by atoms with Gasteiger partial charge in [-0.05, 0) is 55.8 Å². The Labute approximate surface area is 217 Å². The Morgan fingerprint density at radius 2 is 1.82 bits per heavy atom. The van der Waals surface area contributed by atoms with E-state index in [0.717, 1.165) is 36.5 Å². The summed E-state index contributed by atoms with van der Waals surface area (Å²) in [6.07, 6.45) is 12.2. The molecule has 9 nitrogen and oxygen atoms in total. The summed E-state index contributed by atoms with van der Waals surface area (Å²) < 4.78 is 16.1. The van der Waals surface area contributed by atoms with Crippen LogP contribution in [-0.4, -0.2) is 58.1 Å². The monoisotopic (exact) mass is 505 g/mol. The van der Waals surface area contributed by atoms with Gasteiger partial charge in [0.25, 0.3) is 0 Å². The van der Waals surface area contributed by atoms with Crippen molar-refractivity contribution in [3.05, 3.63) is 72.7 Å². The number of rotatable bonds is 5. The molecule has 0 aliphatic carbocycles. The number of halogens is 1. The van der Waals surface area contributed by atoms with E-state index in [-0.39, 0.29) is 5.39 Å². The minimum Gasteiger partial charge on any atom is -0.321 e. The lowest BCUT2D eigenvalue weighted by atomic mass is 10.0. The predicted molar refractivity (Wildman–Crippen MR) is 142 cm³/mol. The molecule has 188 valence electrons. The number of aromatic nitrogens is 8. The molecule has 6 aromatic rings. The van der Waals surface area contributed by atoms with E-state index in [1.807, 2.05) is 36.5 Å². The quantitative estimate of drug-likeness (QED) is 0.333. The first-order chi connectivity index (χ1) is 18.7. The van der Waals surface area contributed by atoms with Crippen molar-refractivity contribution in [1.29, 1.82) is 0 Å².